The first-order valence-corrected chi connectivity index (χ1v) is 16.0. The van der Waals surface area contributed by atoms with Gasteiger partial charge in [-0.25, -0.2) is 13.1 Å². The van der Waals surface area contributed by atoms with E-state index in [1.165, 1.54) is 21.3 Å². The molecule has 14 heteroatoms. The molecule has 4 aromatic rings. The molecule has 44 heavy (non-hydrogen) atoms. The zero-order valence-corrected chi connectivity index (χ0v) is 26.2. The number of aromatic nitrogens is 3. The summed E-state index contributed by atoms with van der Waals surface area (Å²) in [5, 5.41) is 12.6. The lowest BCUT2D eigenvalue weighted by atomic mass is 10.1. The van der Waals surface area contributed by atoms with E-state index in [1.807, 2.05) is 11.6 Å². The van der Waals surface area contributed by atoms with Gasteiger partial charge in [0.15, 0.2) is 28.3 Å². The Hall–Kier alpha value is -4.01. The van der Waals surface area contributed by atoms with Gasteiger partial charge in [-0.2, -0.15) is 5.10 Å². The van der Waals surface area contributed by atoms with Crippen molar-refractivity contribution >= 4 is 38.3 Å². The molecule has 236 valence electrons. The van der Waals surface area contributed by atoms with Gasteiger partial charge in [-0.15, -0.1) is 0 Å². The number of methoxy groups -OCH3 is 4. The fraction of sp³-hybridized carbons (Fsp3) is 0.467. The van der Waals surface area contributed by atoms with Crippen LogP contribution in [-0.4, -0.2) is 58.4 Å². The SMILES string of the molecule is COc1cc2c(NS(=O)(=O)c3c(OC)cc(C(C)OC)cc3OC)noc2cc1Nc1cc(C2CC2)n(C2CCCCO2)n1. The van der Waals surface area contributed by atoms with Gasteiger partial charge in [0.2, 0.25) is 0 Å². The largest absolute Gasteiger partial charge is 0.495 e. The molecule has 1 aliphatic carbocycles. The lowest BCUT2D eigenvalue weighted by Gasteiger charge is -2.24. The summed E-state index contributed by atoms with van der Waals surface area (Å²) in [5.41, 5.74) is 2.78. The van der Waals surface area contributed by atoms with Crippen molar-refractivity contribution in [2.45, 2.75) is 62.2 Å². The molecular weight excluding hydrogens is 590 g/mol. The molecule has 2 unspecified atom stereocenters. The molecule has 0 spiro atoms. The number of nitrogens with one attached hydrogen (secondary N) is 2. The highest BCUT2D eigenvalue weighted by Gasteiger charge is 2.32. The molecule has 2 atom stereocenters. The van der Waals surface area contributed by atoms with Crippen molar-refractivity contribution < 1.29 is 36.6 Å². The van der Waals surface area contributed by atoms with E-state index in [0.29, 0.717) is 39.7 Å². The minimum absolute atomic E-state index is 0.0157. The molecule has 6 rings (SSSR count). The molecule has 2 aromatic heterocycles. The first-order chi connectivity index (χ1) is 21.3. The number of ether oxygens (including phenoxy) is 5. The predicted octanol–water partition coefficient (Wildman–Crippen LogP) is 5.88. The third kappa shape index (κ3) is 5.76. The van der Waals surface area contributed by atoms with E-state index in [-0.39, 0.29) is 34.5 Å². The summed E-state index contributed by atoms with van der Waals surface area (Å²) in [4.78, 5) is -0.181. The Morgan fingerprint density at radius 2 is 1.68 bits per heavy atom. The highest BCUT2D eigenvalue weighted by Crippen LogP contribution is 2.44. The van der Waals surface area contributed by atoms with Crippen LogP contribution in [0, 0.1) is 0 Å². The number of rotatable bonds is 12. The molecule has 3 heterocycles. The molecule has 1 aliphatic heterocycles. The van der Waals surface area contributed by atoms with E-state index in [4.69, 9.17) is 33.3 Å². The zero-order chi connectivity index (χ0) is 31.0. The monoisotopic (exact) mass is 627 g/mol. The Morgan fingerprint density at radius 3 is 2.30 bits per heavy atom. The van der Waals surface area contributed by atoms with E-state index in [0.717, 1.165) is 44.4 Å². The highest BCUT2D eigenvalue weighted by molar-refractivity contribution is 7.93. The quantitative estimate of drug-likeness (QED) is 0.194. The van der Waals surface area contributed by atoms with Gasteiger partial charge >= 0.3 is 0 Å². The summed E-state index contributed by atoms with van der Waals surface area (Å²) in [7, 11) is 1.62. The van der Waals surface area contributed by atoms with Crippen molar-refractivity contribution in [3.05, 3.63) is 41.6 Å². The van der Waals surface area contributed by atoms with Crippen molar-refractivity contribution in [2.75, 3.05) is 45.1 Å². The van der Waals surface area contributed by atoms with Crippen LogP contribution < -0.4 is 24.2 Å². The topological polar surface area (TPSA) is 148 Å². The Kier molecular flexibility index (Phi) is 8.31. The number of hydrogen-bond donors (Lipinski definition) is 2. The summed E-state index contributed by atoms with van der Waals surface area (Å²) >= 11 is 0. The van der Waals surface area contributed by atoms with Gasteiger partial charge in [0.25, 0.3) is 10.0 Å². The molecule has 13 nitrogen and oxygen atoms in total. The summed E-state index contributed by atoms with van der Waals surface area (Å²) < 4.78 is 65.5. The Labute approximate surface area is 255 Å². The summed E-state index contributed by atoms with van der Waals surface area (Å²) in [5.74, 6) is 1.76. The number of sulfonamides is 1. The normalized spacial score (nSPS) is 17.8. The molecule has 1 saturated carbocycles. The molecule has 0 radical (unpaired) electrons. The Bertz CT molecular complexity index is 1730. The van der Waals surface area contributed by atoms with Crippen LogP contribution in [-0.2, 0) is 19.5 Å². The lowest BCUT2D eigenvalue weighted by Crippen LogP contribution is -2.20. The first kappa shape index (κ1) is 30.0. The van der Waals surface area contributed by atoms with Gasteiger partial charge < -0.3 is 33.5 Å². The van der Waals surface area contributed by atoms with Crippen LogP contribution in [0.1, 0.15) is 68.5 Å². The average molecular weight is 628 g/mol. The van der Waals surface area contributed by atoms with Gasteiger partial charge in [-0.1, -0.05) is 5.16 Å². The van der Waals surface area contributed by atoms with Crippen LogP contribution in [0.3, 0.4) is 0 Å². The molecule has 2 aliphatic rings. The lowest BCUT2D eigenvalue weighted by molar-refractivity contribution is -0.0409. The molecule has 2 aromatic carbocycles. The maximum absolute atomic E-state index is 13.7. The Morgan fingerprint density at radius 1 is 0.955 bits per heavy atom. The maximum Gasteiger partial charge on any atom is 0.270 e. The van der Waals surface area contributed by atoms with Crippen LogP contribution in [0.4, 0.5) is 17.3 Å². The second kappa shape index (κ2) is 12.2. The molecule has 1 saturated heterocycles. The molecular formula is C30H37N5O8S. The van der Waals surface area contributed by atoms with Gasteiger partial charge in [0.05, 0.1) is 38.5 Å². The second-order valence-electron chi connectivity index (χ2n) is 10.9. The van der Waals surface area contributed by atoms with Crippen molar-refractivity contribution in [2.24, 2.45) is 0 Å². The van der Waals surface area contributed by atoms with Crippen LogP contribution >= 0.6 is 0 Å². The van der Waals surface area contributed by atoms with Crippen LogP contribution in [0.5, 0.6) is 17.2 Å². The zero-order valence-electron chi connectivity index (χ0n) is 25.4. The number of hydrogen-bond acceptors (Lipinski definition) is 11. The van der Waals surface area contributed by atoms with E-state index in [2.05, 4.69) is 21.3 Å². The third-order valence-electron chi connectivity index (χ3n) is 8.05. The first-order valence-electron chi connectivity index (χ1n) is 14.5. The minimum Gasteiger partial charge on any atom is -0.495 e. The molecule has 2 N–H and O–H groups in total. The fourth-order valence-corrected chi connectivity index (χ4v) is 6.78. The summed E-state index contributed by atoms with van der Waals surface area (Å²) in [6.45, 7) is 2.57. The average Bonchev–Trinajstić information content (AvgIpc) is 3.70. The molecule has 0 amide bonds. The maximum atomic E-state index is 13.7. The highest BCUT2D eigenvalue weighted by atomic mass is 32.2. The predicted molar refractivity (Wildman–Crippen MR) is 163 cm³/mol. The number of nitrogens with zero attached hydrogens (tertiary/aromatic N) is 3. The smallest absolute Gasteiger partial charge is 0.270 e. The summed E-state index contributed by atoms with van der Waals surface area (Å²) in [6, 6.07) is 8.62. The van der Waals surface area contributed by atoms with Gasteiger partial charge in [0.1, 0.15) is 17.2 Å². The van der Waals surface area contributed by atoms with E-state index in [9.17, 15) is 8.42 Å². The second-order valence-corrected chi connectivity index (χ2v) is 12.6. The number of anilines is 3. The van der Waals surface area contributed by atoms with Crippen LogP contribution in [0.25, 0.3) is 11.0 Å². The number of benzene rings is 2. The Balaban J connectivity index is 1.31. The molecule has 2 fully saturated rings. The fourth-order valence-electron chi connectivity index (χ4n) is 5.46. The van der Waals surface area contributed by atoms with Crippen molar-refractivity contribution in [1.82, 2.24) is 14.9 Å². The molecule has 0 bridgehead atoms. The van der Waals surface area contributed by atoms with E-state index < -0.39 is 10.0 Å². The van der Waals surface area contributed by atoms with Crippen molar-refractivity contribution in [3.63, 3.8) is 0 Å². The van der Waals surface area contributed by atoms with Gasteiger partial charge in [0, 0.05) is 37.5 Å². The van der Waals surface area contributed by atoms with Gasteiger partial charge in [-0.3, -0.25) is 4.72 Å². The summed E-state index contributed by atoms with van der Waals surface area (Å²) in [6.07, 6.45) is 5.00. The van der Waals surface area contributed by atoms with Gasteiger partial charge in [-0.05, 0) is 62.8 Å². The standard InChI is InChI=1S/C30H37N5O8S/c1-17(38-2)19-12-25(40-4)29(26(13-19)41-5)44(36,37)34-30-20-14-24(39-3)21(15-23(20)43-33-30)31-27-16-22(18-9-10-18)35(32-27)28-8-6-7-11-42-28/h12-18,28H,6-11H2,1-5H3,(H,31,32)(H,33,34). The van der Waals surface area contributed by atoms with Crippen LogP contribution in [0.15, 0.2) is 39.8 Å². The minimum atomic E-state index is -4.25. The van der Waals surface area contributed by atoms with Crippen molar-refractivity contribution in [1.29, 1.82) is 0 Å². The third-order valence-corrected chi connectivity index (χ3v) is 9.45. The van der Waals surface area contributed by atoms with E-state index in [1.54, 1.807) is 31.4 Å². The number of fused-ring (bicyclic) bond motifs is 1. The van der Waals surface area contributed by atoms with Crippen LogP contribution in [0.2, 0.25) is 0 Å². The van der Waals surface area contributed by atoms with Crippen molar-refractivity contribution in [3.8, 4) is 17.2 Å². The van der Waals surface area contributed by atoms with E-state index >= 15 is 0 Å².